The van der Waals surface area contributed by atoms with Crippen LogP contribution >= 0.6 is 0 Å². The van der Waals surface area contributed by atoms with Crippen LogP contribution in [-0.2, 0) is 10.4 Å². The molecule has 2 rings (SSSR count). The van der Waals surface area contributed by atoms with Crippen molar-refractivity contribution in [2.75, 3.05) is 13.2 Å². The molecule has 0 aliphatic heterocycles. The summed E-state index contributed by atoms with van der Waals surface area (Å²) >= 11 is 0. The summed E-state index contributed by atoms with van der Waals surface area (Å²) in [5.74, 6) is 0.568. The highest BCUT2D eigenvalue weighted by atomic mass is 16.5. The van der Waals surface area contributed by atoms with Crippen molar-refractivity contribution in [1.82, 2.24) is 5.32 Å². The second-order valence-electron chi connectivity index (χ2n) is 5.33. The summed E-state index contributed by atoms with van der Waals surface area (Å²) in [6, 6.07) is 18.6. The lowest BCUT2D eigenvalue weighted by atomic mass is 9.92. The number of benzene rings is 2. The SMILES string of the molecule is CC(O)(CC(=O)NCCOc1ccccc1)c1ccccc1. The number of hydrogen-bond donors (Lipinski definition) is 2. The van der Waals surface area contributed by atoms with E-state index in [2.05, 4.69) is 5.32 Å². The van der Waals surface area contributed by atoms with Crippen LogP contribution in [0, 0.1) is 0 Å². The molecular formula is C18H21NO3. The molecule has 0 aliphatic rings. The molecule has 116 valence electrons. The van der Waals surface area contributed by atoms with Gasteiger partial charge in [-0.05, 0) is 24.6 Å². The van der Waals surface area contributed by atoms with E-state index in [0.29, 0.717) is 13.2 Å². The van der Waals surface area contributed by atoms with Crippen molar-refractivity contribution >= 4 is 5.91 Å². The van der Waals surface area contributed by atoms with Crippen molar-refractivity contribution in [2.45, 2.75) is 18.9 Å². The van der Waals surface area contributed by atoms with Gasteiger partial charge in [-0.15, -0.1) is 0 Å². The maximum Gasteiger partial charge on any atom is 0.223 e. The van der Waals surface area contributed by atoms with E-state index in [9.17, 15) is 9.90 Å². The van der Waals surface area contributed by atoms with Gasteiger partial charge in [0.1, 0.15) is 12.4 Å². The third kappa shape index (κ3) is 4.90. The van der Waals surface area contributed by atoms with Crippen molar-refractivity contribution in [3.8, 4) is 5.75 Å². The fourth-order valence-corrected chi connectivity index (χ4v) is 2.15. The Kier molecular flexibility index (Phi) is 5.55. The molecule has 0 radical (unpaired) electrons. The third-order valence-electron chi connectivity index (χ3n) is 3.34. The van der Waals surface area contributed by atoms with Crippen LogP contribution in [-0.4, -0.2) is 24.2 Å². The highest BCUT2D eigenvalue weighted by molar-refractivity contribution is 5.77. The first-order valence-corrected chi connectivity index (χ1v) is 7.30. The predicted molar refractivity (Wildman–Crippen MR) is 85.6 cm³/mol. The quantitative estimate of drug-likeness (QED) is 0.772. The standard InChI is InChI=1S/C18H21NO3/c1-18(21,15-8-4-2-5-9-15)14-17(20)19-12-13-22-16-10-6-3-7-11-16/h2-11,21H,12-14H2,1H3,(H,19,20). The van der Waals surface area contributed by atoms with Gasteiger partial charge in [0.25, 0.3) is 0 Å². The lowest BCUT2D eigenvalue weighted by molar-refractivity contribution is -0.125. The average molecular weight is 299 g/mol. The van der Waals surface area contributed by atoms with Gasteiger partial charge in [0.05, 0.1) is 18.6 Å². The van der Waals surface area contributed by atoms with Gasteiger partial charge in [-0.25, -0.2) is 0 Å². The minimum absolute atomic E-state index is 0.0162. The fourth-order valence-electron chi connectivity index (χ4n) is 2.15. The Morgan fingerprint density at radius 3 is 2.32 bits per heavy atom. The van der Waals surface area contributed by atoms with Crippen LogP contribution in [0.2, 0.25) is 0 Å². The first-order valence-electron chi connectivity index (χ1n) is 7.30. The lowest BCUT2D eigenvalue weighted by Gasteiger charge is -2.23. The van der Waals surface area contributed by atoms with E-state index in [1.165, 1.54) is 0 Å². The second kappa shape index (κ2) is 7.61. The zero-order chi connectivity index (χ0) is 15.8. The number of ether oxygens (including phenoxy) is 1. The number of nitrogens with one attached hydrogen (secondary N) is 1. The molecule has 2 aromatic carbocycles. The minimum Gasteiger partial charge on any atom is -0.492 e. The van der Waals surface area contributed by atoms with Crippen molar-refractivity contribution < 1.29 is 14.6 Å². The van der Waals surface area contributed by atoms with Crippen molar-refractivity contribution in [3.05, 3.63) is 66.2 Å². The predicted octanol–water partition coefficient (Wildman–Crippen LogP) is 2.48. The number of hydrogen-bond acceptors (Lipinski definition) is 3. The van der Waals surface area contributed by atoms with E-state index in [4.69, 9.17) is 4.74 Å². The van der Waals surface area contributed by atoms with Crippen molar-refractivity contribution in [1.29, 1.82) is 0 Å². The van der Waals surface area contributed by atoms with Crippen LogP contribution in [0.4, 0.5) is 0 Å². The molecule has 4 nitrogen and oxygen atoms in total. The van der Waals surface area contributed by atoms with Gasteiger partial charge < -0.3 is 15.2 Å². The molecule has 0 heterocycles. The van der Waals surface area contributed by atoms with Crippen LogP contribution < -0.4 is 10.1 Å². The first-order chi connectivity index (χ1) is 10.6. The number of aliphatic hydroxyl groups is 1. The maximum atomic E-state index is 11.9. The second-order valence-corrected chi connectivity index (χ2v) is 5.33. The van der Waals surface area contributed by atoms with E-state index in [1.807, 2.05) is 60.7 Å². The summed E-state index contributed by atoms with van der Waals surface area (Å²) in [5, 5.41) is 13.2. The maximum absolute atomic E-state index is 11.9. The molecule has 0 saturated heterocycles. The van der Waals surface area contributed by atoms with Crippen LogP contribution in [0.3, 0.4) is 0 Å². The first kappa shape index (κ1) is 16.0. The number of para-hydroxylation sites is 1. The Balaban J connectivity index is 1.74. The van der Waals surface area contributed by atoms with Gasteiger partial charge in [-0.2, -0.15) is 0 Å². The molecule has 1 atom stereocenters. The summed E-state index contributed by atoms with van der Waals surface area (Å²) in [4.78, 5) is 11.9. The topological polar surface area (TPSA) is 58.6 Å². The Labute approximate surface area is 130 Å². The van der Waals surface area contributed by atoms with Gasteiger partial charge in [0.15, 0.2) is 0 Å². The number of amides is 1. The minimum atomic E-state index is -1.17. The van der Waals surface area contributed by atoms with Gasteiger partial charge >= 0.3 is 0 Å². The molecule has 2 aromatic rings. The molecule has 1 amide bonds. The zero-order valence-corrected chi connectivity index (χ0v) is 12.7. The molecule has 0 spiro atoms. The summed E-state index contributed by atoms with van der Waals surface area (Å²) in [6.45, 7) is 2.43. The highest BCUT2D eigenvalue weighted by Crippen LogP contribution is 2.23. The molecule has 4 heteroatoms. The summed E-state index contributed by atoms with van der Waals surface area (Å²) < 4.78 is 5.49. The monoisotopic (exact) mass is 299 g/mol. The Morgan fingerprint density at radius 2 is 1.68 bits per heavy atom. The molecule has 22 heavy (non-hydrogen) atoms. The molecule has 0 fully saturated rings. The van der Waals surface area contributed by atoms with Crippen LogP contribution in [0.15, 0.2) is 60.7 Å². The van der Waals surface area contributed by atoms with E-state index < -0.39 is 5.60 Å². The van der Waals surface area contributed by atoms with Crippen LogP contribution in [0.1, 0.15) is 18.9 Å². The number of carbonyl (C=O) groups is 1. The van der Waals surface area contributed by atoms with Crippen LogP contribution in [0.25, 0.3) is 0 Å². The molecule has 1 unspecified atom stereocenters. The van der Waals surface area contributed by atoms with Crippen LogP contribution in [0.5, 0.6) is 5.75 Å². The Bertz CT molecular complexity index is 582. The average Bonchev–Trinajstić information content (AvgIpc) is 2.53. The summed E-state index contributed by atoms with van der Waals surface area (Å²) in [7, 11) is 0. The normalized spacial score (nSPS) is 13.2. The smallest absolute Gasteiger partial charge is 0.223 e. The van der Waals surface area contributed by atoms with Gasteiger partial charge in [-0.3, -0.25) is 4.79 Å². The Hall–Kier alpha value is -2.33. The molecule has 0 bridgehead atoms. The Morgan fingerprint density at radius 1 is 1.09 bits per heavy atom. The third-order valence-corrected chi connectivity index (χ3v) is 3.34. The lowest BCUT2D eigenvalue weighted by Crippen LogP contribution is -2.34. The highest BCUT2D eigenvalue weighted by Gasteiger charge is 2.26. The van der Waals surface area contributed by atoms with Crippen molar-refractivity contribution in [2.24, 2.45) is 0 Å². The summed E-state index contributed by atoms with van der Waals surface area (Å²) in [6.07, 6.45) is 0.0162. The van der Waals surface area contributed by atoms with E-state index in [0.717, 1.165) is 11.3 Å². The molecule has 0 saturated carbocycles. The zero-order valence-electron chi connectivity index (χ0n) is 12.7. The molecule has 2 N–H and O–H groups in total. The van der Waals surface area contributed by atoms with Gasteiger partial charge in [0, 0.05) is 0 Å². The number of carbonyl (C=O) groups excluding carboxylic acids is 1. The number of rotatable bonds is 7. The summed E-state index contributed by atoms with van der Waals surface area (Å²) in [5.41, 5.74) is -0.447. The van der Waals surface area contributed by atoms with Gasteiger partial charge in [-0.1, -0.05) is 48.5 Å². The van der Waals surface area contributed by atoms with E-state index in [-0.39, 0.29) is 12.3 Å². The van der Waals surface area contributed by atoms with Gasteiger partial charge in [0.2, 0.25) is 5.91 Å². The largest absolute Gasteiger partial charge is 0.492 e. The van der Waals surface area contributed by atoms with Crippen molar-refractivity contribution in [3.63, 3.8) is 0 Å². The molecule has 0 aliphatic carbocycles. The molecule has 0 aromatic heterocycles. The van der Waals surface area contributed by atoms with E-state index >= 15 is 0 Å². The molecular weight excluding hydrogens is 278 g/mol. The van der Waals surface area contributed by atoms with E-state index in [1.54, 1.807) is 6.92 Å². The fraction of sp³-hybridized carbons (Fsp3) is 0.278.